The van der Waals surface area contributed by atoms with Crippen molar-refractivity contribution >= 4 is 5.97 Å². The maximum Gasteiger partial charge on any atom is 0.306 e. The van der Waals surface area contributed by atoms with Crippen molar-refractivity contribution in [3.05, 3.63) is 0 Å². The molecule has 0 radical (unpaired) electrons. The van der Waals surface area contributed by atoms with Crippen LogP contribution in [0.15, 0.2) is 0 Å². The lowest BCUT2D eigenvalue weighted by molar-refractivity contribution is -0.143. The van der Waals surface area contributed by atoms with Crippen LogP contribution in [0.5, 0.6) is 0 Å². The van der Waals surface area contributed by atoms with Crippen molar-refractivity contribution in [1.82, 2.24) is 0 Å². The van der Waals surface area contributed by atoms with Crippen LogP contribution in [0, 0.1) is 5.92 Å². The number of carboxylic acid groups (broad SMARTS) is 1. The van der Waals surface area contributed by atoms with Gasteiger partial charge < -0.3 is 14.6 Å². The van der Waals surface area contributed by atoms with Crippen LogP contribution in [-0.4, -0.2) is 36.5 Å². The van der Waals surface area contributed by atoms with E-state index in [9.17, 15) is 4.79 Å². The molecule has 4 nitrogen and oxygen atoms in total. The van der Waals surface area contributed by atoms with Crippen molar-refractivity contribution in [2.24, 2.45) is 5.92 Å². The van der Waals surface area contributed by atoms with Gasteiger partial charge in [0.2, 0.25) is 0 Å². The lowest BCUT2D eigenvalue weighted by Crippen LogP contribution is -2.26. The largest absolute Gasteiger partial charge is 0.481 e. The molecule has 1 atom stereocenters. The van der Waals surface area contributed by atoms with Crippen molar-refractivity contribution in [3.8, 4) is 0 Å². The van der Waals surface area contributed by atoms with Gasteiger partial charge in [0.1, 0.15) is 0 Å². The van der Waals surface area contributed by atoms with Crippen LogP contribution in [0.25, 0.3) is 0 Å². The zero-order valence-corrected chi connectivity index (χ0v) is 11.0. The molecular formula is C14H24O4. The molecule has 2 fully saturated rings. The third-order valence-electron chi connectivity index (χ3n) is 4.07. The molecule has 1 aliphatic heterocycles. The Bertz CT molecular complexity index is 253. The van der Waals surface area contributed by atoms with E-state index < -0.39 is 5.97 Å². The Labute approximate surface area is 109 Å². The first-order valence-electron chi connectivity index (χ1n) is 7.21. The molecule has 0 aromatic carbocycles. The van der Waals surface area contributed by atoms with E-state index in [4.69, 9.17) is 14.6 Å². The number of carbonyl (C=O) groups is 1. The van der Waals surface area contributed by atoms with Crippen LogP contribution in [-0.2, 0) is 14.3 Å². The summed E-state index contributed by atoms with van der Waals surface area (Å²) in [6.07, 6.45) is 8.63. The summed E-state index contributed by atoms with van der Waals surface area (Å²) < 4.78 is 11.4. The molecule has 4 heteroatoms. The van der Waals surface area contributed by atoms with E-state index in [2.05, 4.69) is 0 Å². The second-order valence-corrected chi connectivity index (χ2v) is 5.46. The van der Waals surface area contributed by atoms with Gasteiger partial charge in [0, 0.05) is 13.2 Å². The Morgan fingerprint density at radius 2 is 2.00 bits per heavy atom. The average Bonchev–Trinajstić information content (AvgIpc) is 2.88. The van der Waals surface area contributed by atoms with Gasteiger partial charge in [-0.1, -0.05) is 0 Å². The van der Waals surface area contributed by atoms with E-state index in [-0.39, 0.29) is 12.0 Å². The lowest BCUT2D eigenvalue weighted by Gasteiger charge is -2.26. The number of aliphatic carboxylic acids is 1. The molecule has 0 bridgehead atoms. The van der Waals surface area contributed by atoms with Crippen molar-refractivity contribution in [2.75, 3.05) is 13.2 Å². The van der Waals surface area contributed by atoms with E-state index in [1.807, 2.05) is 0 Å². The van der Waals surface area contributed by atoms with Crippen LogP contribution in [0.2, 0.25) is 0 Å². The van der Waals surface area contributed by atoms with E-state index in [0.29, 0.717) is 6.10 Å². The van der Waals surface area contributed by atoms with Gasteiger partial charge in [0.05, 0.1) is 18.1 Å². The summed E-state index contributed by atoms with van der Waals surface area (Å²) in [6.45, 7) is 1.72. The van der Waals surface area contributed by atoms with Gasteiger partial charge in [-0.3, -0.25) is 4.79 Å². The number of ether oxygens (including phenoxy) is 2. The van der Waals surface area contributed by atoms with Gasteiger partial charge in [0.25, 0.3) is 0 Å². The minimum atomic E-state index is -0.646. The molecule has 1 aliphatic carbocycles. The summed E-state index contributed by atoms with van der Waals surface area (Å²) in [5, 5.41) is 8.91. The number of hydrogen-bond donors (Lipinski definition) is 1. The van der Waals surface area contributed by atoms with Crippen molar-refractivity contribution < 1.29 is 19.4 Å². The molecule has 104 valence electrons. The maximum absolute atomic E-state index is 10.8. The van der Waals surface area contributed by atoms with Crippen molar-refractivity contribution in [3.63, 3.8) is 0 Å². The first-order valence-corrected chi connectivity index (χ1v) is 7.21. The van der Waals surface area contributed by atoms with Gasteiger partial charge in [-0.2, -0.15) is 0 Å². The molecule has 18 heavy (non-hydrogen) atoms. The minimum absolute atomic E-state index is 0.142. The van der Waals surface area contributed by atoms with Gasteiger partial charge in [-0.25, -0.2) is 0 Å². The number of rotatable bonds is 6. The predicted molar refractivity (Wildman–Crippen MR) is 67.5 cm³/mol. The molecule has 1 heterocycles. The average molecular weight is 256 g/mol. The van der Waals surface area contributed by atoms with Crippen molar-refractivity contribution in [1.29, 1.82) is 0 Å². The van der Waals surface area contributed by atoms with E-state index in [1.54, 1.807) is 0 Å². The fraction of sp³-hybridized carbons (Fsp3) is 0.929. The topological polar surface area (TPSA) is 55.8 Å². The van der Waals surface area contributed by atoms with Crippen LogP contribution >= 0.6 is 0 Å². The molecule has 1 saturated carbocycles. The second kappa shape index (κ2) is 7.10. The van der Waals surface area contributed by atoms with E-state index in [1.165, 1.54) is 12.8 Å². The maximum atomic E-state index is 10.8. The normalized spacial score (nSPS) is 32.6. The molecule has 0 aromatic rings. The second-order valence-electron chi connectivity index (χ2n) is 5.46. The summed E-state index contributed by atoms with van der Waals surface area (Å²) in [6, 6.07) is 0. The third kappa shape index (κ3) is 4.25. The fourth-order valence-corrected chi connectivity index (χ4v) is 2.91. The zero-order valence-electron chi connectivity index (χ0n) is 11.0. The standard InChI is InChI=1S/C14H24O4/c15-14(16)11-5-7-13(8-6-11)18-10-2-4-12-3-1-9-17-12/h11-13H,1-10H2,(H,15,16). The van der Waals surface area contributed by atoms with Gasteiger partial charge in [-0.05, 0) is 51.4 Å². The number of carboxylic acids is 1. The highest BCUT2D eigenvalue weighted by Gasteiger charge is 2.26. The van der Waals surface area contributed by atoms with E-state index in [0.717, 1.165) is 51.7 Å². The van der Waals surface area contributed by atoms with Gasteiger partial charge in [0.15, 0.2) is 0 Å². The monoisotopic (exact) mass is 256 g/mol. The Morgan fingerprint density at radius 1 is 1.22 bits per heavy atom. The van der Waals surface area contributed by atoms with Crippen LogP contribution < -0.4 is 0 Å². The summed E-state index contributed by atoms with van der Waals surface area (Å²) in [4.78, 5) is 10.8. The molecular weight excluding hydrogens is 232 g/mol. The lowest BCUT2D eigenvalue weighted by atomic mass is 9.87. The Kier molecular flexibility index (Phi) is 5.45. The molecule has 1 unspecified atom stereocenters. The van der Waals surface area contributed by atoms with E-state index >= 15 is 0 Å². The highest BCUT2D eigenvalue weighted by molar-refractivity contribution is 5.70. The molecule has 2 aliphatic rings. The summed E-state index contributed by atoms with van der Waals surface area (Å²) in [5.74, 6) is -0.788. The zero-order chi connectivity index (χ0) is 12.8. The third-order valence-corrected chi connectivity index (χ3v) is 4.07. The molecule has 0 aromatic heterocycles. The first kappa shape index (κ1) is 13.8. The Balaban J connectivity index is 1.51. The van der Waals surface area contributed by atoms with Gasteiger partial charge in [-0.15, -0.1) is 0 Å². The highest BCUT2D eigenvalue weighted by Crippen LogP contribution is 2.26. The first-order chi connectivity index (χ1) is 8.75. The van der Waals surface area contributed by atoms with Crippen LogP contribution in [0.1, 0.15) is 51.4 Å². The minimum Gasteiger partial charge on any atom is -0.481 e. The Morgan fingerprint density at radius 3 is 2.61 bits per heavy atom. The molecule has 1 N–H and O–H groups in total. The molecule has 2 rings (SSSR count). The number of hydrogen-bond acceptors (Lipinski definition) is 3. The fourth-order valence-electron chi connectivity index (χ4n) is 2.91. The molecule has 1 saturated heterocycles. The smallest absolute Gasteiger partial charge is 0.306 e. The molecule has 0 spiro atoms. The summed E-state index contributed by atoms with van der Waals surface area (Å²) >= 11 is 0. The Hall–Kier alpha value is -0.610. The van der Waals surface area contributed by atoms with Gasteiger partial charge >= 0.3 is 5.97 Å². The van der Waals surface area contributed by atoms with Crippen molar-refractivity contribution in [2.45, 2.75) is 63.6 Å². The summed E-state index contributed by atoms with van der Waals surface area (Å²) in [7, 11) is 0. The quantitative estimate of drug-likeness (QED) is 0.742. The van der Waals surface area contributed by atoms with Crippen LogP contribution in [0.4, 0.5) is 0 Å². The predicted octanol–water partition coefficient (Wildman–Crippen LogP) is 2.61. The SMILES string of the molecule is O=C(O)C1CCC(OCCCC2CCCO2)CC1. The molecule has 0 amide bonds. The highest BCUT2D eigenvalue weighted by atomic mass is 16.5. The van der Waals surface area contributed by atoms with Crippen LogP contribution in [0.3, 0.4) is 0 Å². The summed E-state index contributed by atoms with van der Waals surface area (Å²) in [5.41, 5.74) is 0.